The number of benzene rings is 1. The van der Waals surface area contributed by atoms with Gasteiger partial charge >= 0.3 is 5.97 Å². The molecule has 2 amide bonds. The van der Waals surface area contributed by atoms with E-state index in [2.05, 4.69) is 0 Å². The summed E-state index contributed by atoms with van der Waals surface area (Å²) in [5, 5.41) is 9.32. The fourth-order valence-corrected chi connectivity index (χ4v) is 4.09. The van der Waals surface area contributed by atoms with Gasteiger partial charge in [-0.3, -0.25) is 14.4 Å². The first-order valence-electron chi connectivity index (χ1n) is 9.26. The first kappa shape index (κ1) is 19.2. The number of rotatable bonds is 4. The van der Waals surface area contributed by atoms with Crippen LogP contribution in [0.4, 0.5) is 5.69 Å². The number of carboxylic acid groups (broad SMARTS) is 1. The third kappa shape index (κ3) is 3.91. The van der Waals surface area contributed by atoms with Gasteiger partial charge in [0.1, 0.15) is 5.75 Å². The number of aryl methyl sites for hydroxylation is 1. The monoisotopic (exact) mass is 374 g/mol. The van der Waals surface area contributed by atoms with Gasteiger partial charge in [-0.1, -0.05) is 13.0 Å². The number of hydrogen-bond donors (Lipinski definition) is 1. The highest BCUT2D eigenvalue weighted by molar-refractivity contribution is 6.01. The molecule has 0 aromatic heterocycles. The third-order valence-electron chi connectivity index (χ3n) is 5.42. The van der Waals surface area contributed by atoms with Crippen LogP contribution < -0.4 is 9.64 Å². The van der Waals surface area contributed by atoms with Gasteiger partial charge in [-0.05, 0) is 37.0 Å². The highest BCUT2D eigenvalue weighted by Crippen LogP contribution is 2.35. The van der Waals surface area contributed by atoms with E-state index in [0.29, 0.717) is 30.9 Å². The average Bonchev–Trinajstić information content (AvgIpc) is 3.02. The molecule has 2 aliphatic heterocycles. The number of amides is 2. The molecule has 2 fully saturated rings. The molecular weight excluding hydrogens is 348 g/mol. The number of anilines is 1. The molecule has 3 atom stereocenters. The van der Waals surface area contributed by atoms with E-state index in [1.807, 2.05) is 32.0 Å². The molecule has 2 aliphatic rings. The first-order chi connectivity index (χ1) is 12.8. The molecule has 1 aromatic rings. The maximum Gasteiger partial charge on any atom is 0.308 e. The van der Waals surface area contributed by atoms with Gasteiger partial charge in [0.15, 0.2) is 0 Å². The molecule has 0 spiro atoms. The quantitative estimate of drug-likeness (QED) is 0.870. The van der Waals surface area contributed by atoms with Crippen LogP contribution in [-0.2, 0) is 14.4 Å². The normalized spacial score (nSPS) is 25.6. The SMILES string of the molecule is COc1ccc(C)cc1N1CC(C(=O)N2CC(C)CC(C(=O)O)C2)CC1=O. The maximum atomic E-state index is 13.0. The second kappa shape index (κ2) is 7.58. The van der Waals surface area contributed by atoms with Gasteiger partial charge in [0, 0.05) is 26.1 Å². The van der Waals surface area contributed by atoms with E-state index in [1.54, 1.807) is 16.9 Å². The van der Waals surface area contributed by atoms with Crippen molar-refractivity contribution in [2.24, 2.45) is 17.8 Å². The predicted octanol–water partition coefficient (Wildman–Crippen LogP) is 1.93. The Balaban J connectivity index is 1.76. The van der Waals surface area contributed by atoms with Crippen molar-refractivity contribution in [1.82, 2.24) is 4.90 Å². The van der Waals surface area contributed by atoms with Gasteiger partial charge in [-0.25, -0.2) is 0 Å². The van der Waals surface area contributed by atoms with Crippen LogP contribution >= 0.6 is 0 Å². The van der Waals surface area contributed by atoms with Crippen LogP contribution in [0.25, 0.3) is 0 Å². The van der Waals surface area contributed by atoms with E-state index >= 15 is 0 Å². The van der Waals surface area contributed by atoms with Crippen LogP contribution in [0, 0.1) is 24.7 Å². The Kier molecular flexibility index (Phi) is 5.39. The number of methoxy groups -OCH3 is 1. The lowest BCUT2D eigenvalue weighted by Crippen LogP contribution is -2.48. The Hall–Kier alpha value is -2.57. The second-order valence-corrected chi connectivity index (χ2v) is 7.70. The number of carboxylic acids is 1. The first-order valence-corrected chi connectivity index (χ1v) is 9.26. The van der Waals surface area contributed by atoms with Crippen molar-refractivity contribution in [1.29, 1.82) is 0 Å². The zero-order chi connectivity index (χ0) is 19.7. The van der Waals surface area contributed by atoms with Crippen LogP contribution in [0.15, 0.2) is 18.2 Å². The van der Waals surface area contributed by atoms with Crippen LogP contribution in [0.1, 0.15) is 25.3 Å². The minimum Gasteiger partial charge on any atom is -0.495 e. The second-order valence-electron chi connectivity index (χ2n) is 7.70. The van der Waals surface area contributed by atoms with Crippen LogP contribution in [0.5, 0.6) is 5.75 Å². The molecular formula is C20H26N2O5. The molecule has 3 rings (SSSR count). The predicted molar refractivity (Wildman–Crippen MR) is 99.7 cm³/mol. The fourth-order valence-electron chi connectivity index (χ4n) is 4.09. The summed E-state index contributed by atoms with van der Waals surface area (Å²) in [5.41, 5.74) is 1.68. The van der Waals surface area contributed by atoms with Gasteiger partial charge < -0.3 is 19.6 Å². The Morgan fingerprint density at radius 3 is 2.59 bits per heavy atom. The Bertz CT molecular complexity index is 763. The molecule has 27 heavy (non-hydrogen) atoms. The molecule has 0 saturated carbocycles. The number of carbonyl (C=O) groups is 3. The molecule has 7 nitrogen and oxygen atoms in total. The van der Waals surface area contributed by atoms with Crippen molar-refractivity contribution >= 4 is 23.5 Å². The van der Waals surface area contributed by atoms with Crippen LogP contribution in [-0.4, -0.2) is 54.5 Å². The third-order valence-corrected chi connectivity index (χ3v) is 5.42. The van der Waals surface area contributed by atoms with E-state index in [1.165, 1.54) is 0 Å². The lowest BCUT2D eigenvalue weighted by Gasteiger charge is -2.36. The van der Waals surface area contributed by atoms with Crippen molar-refractivity contribution in [3.8, 4) is 5.75 Å². The van der Waals surface area contributed by atoms with Crippen molar-refractivity contribution in [2.75, 3.05) is 31.6 Å². The Morgan fingerprint density at radius 2 is 1.93 bits per heavy atom. The van der Waals surface area contributed by atoms with Gasteiger partial charge in [-0.15, -0.1) is 0 Å². The number of likely N-dealkylation sites (tertiary alicyclic amines) is 1. The van der Waals surface area contributed by atoms with Gasteiger partial charge in [0.25, 0.3) is 0 Å². The van der Waals surface area contributed by atoms with E-state index in [0.717, 1.165) is 5.56 Å². The lowest BCUT2D eigenvalue weighted by molar-refractivity contribution is -0.148. The number of aliphatic carboxylic acids is 1. The van der Waals surface area contributed by atoms with E-state index < -0.39 is 17.8 Å². The summed E-state index contributed by atoms with van der Waals surface area (Å²) < 4.78 is 5.37. The smallest absolute Gasteiger partial charge is 0.308 e. The topological polar surface area (TPSA) is 87.2 Å². The minimum atomic E-state index is -0.868. The molecule has 3 unspecified atom stereocenters. The zero-order valence-electron chi connectivity index (χ0n) is 16.0. The summed E-state index contributed by atoms with van der Waals surface area (Å²) in [5.74, 6) is -1.38. The zero-order valence-corrected chi connectivity index (χ0v) is 16.0. The summed E-state index contributed by atoms with van der Waals surface area (Å²) in [7, 11) is 1.55. The number of hydrogen-bond acceptors (Lipinski definition) is 4. The number of piperidine rings is 1. The van der Waals surface area contributed by atoms with Crippen LogP contribution in [0.2, 0.25) is 0 Å². The Labute approximate surface area is 158 Å². The summed E-state index contributed by atoms with van der Waals surface area (Å²) in [6, 6.07) is 5.61. The van der Waals surface area contributed by atoms with Gasteiger partial charge in [-0.2, -0.15) is 0 Å². The maximum absolute atomic E-state index is 13.0. The summed E-state index contributed by atoms with van der Waals surface area (Å²) >= 11 is 0. The average molecular weight is 374 g/mol. The molecule has 7 heteroatoms. The van der Waals surface area contributed by atoms with Crippen molar-refractivity contribution < 1.29 is 24.2 Å². The fraction of sp³-hybridized carbons (Fsp3) is 0.550. The van der Waals surface area contributed by atoms with E-state index in [-0.39, 0.29) is 30.7 Å². The highest BCUT2D eigenvalue weighted by Gasteiger charge is 2.40. The molecule has 1 aromatic carbocycles. The van der Waals surface area contributed by atoms with Gasteiger partial charge in [0.2, 0.25) is 11.8 Å². The molecule has 2 saturated heterocycles. The molecule has 0 aliphatic carbocycles. The highest BCUT2D eigenvalue weighted by atomic mass is 16.5. The van der Waals surface area contributed by atoms with E-state index in [4.69, 9.17) is 4.74 Å². The lowest BCUT2D eigenvalue weighted by atomic mass is 9.89. The minimum absolute atomic E-state index is 0.114. The summed E-state index contributed by atoms with van der Waals surface area (Å²) in [4.78, 5) is 40.2. The number of carbonyl (C=O) groups excluding carboxylic acids is 2. The molecule has 146 valence electrons. The standard InChI is InChI=1S/C20H26N2O5/c1-12-4-5-17(27-3)16(7-12)22-11-14(8-18(22)23)19(24)21-9-13(2)6-15(10-21)20(25)26/h4-5,7,13-15H,6,8-11H2,1-3H3,(H,25,26). The van der Waals surface area contributed by atoms with Crippen LogP contribution in [0.3, 0.4) is 0 Å². The number of nitrogens with zero attached hydrogens (tertiary/aromatic N) is 2. The Morgan fingerprint density at radius 1 is 1.19 bits per heavy atom. The summed E-state index contributed by atoms with van der Waals surface area (Å²) in [6.07, 6.45) is 0.716. The molecule has 2 heterocycles. The molecule has 0 bridgehead atoms. The van der Waals surface area contributed by atoms with Crippen molar-refractivity contribution in [3.63, 3.8) is 0 Å². The largest absolute Gasteiger partial charge is 0.495 e. The van der Waals surface area contributed by atoms with Crippen molar-refractivity contribution in [2.45, 2.75) is 26.7 Å². The summed E-state index contributed by atoms with van der Waals surface area (Å²) in [6.45, 7) is 4.95. The molecule has 0 radical (unpaired) electrons. The number of ether oxygens (including phenoxy) is 1. The van der Waals surface area contributed by atoms with Crippen molar-refractivity contribution in [3.05, 3.63) is 23.8 Å². The van der Waals surface area contributed by atoms with E-state index in [9.17, 15) is 19.5 Å². The van der Waals surface area contributed by atoms with Gasteiger partial charge in [0.05, 0.1) is 24.6 Å². The molecule has 1 N–H and O–H groups in total.